The summed E-state index contributed by atoms with van der Waals surface area (Å²) in [7, 11) is 0. The SMILES string of the molecule is CCC(N)C(c1ccc(Cl)cc1)N1CCNC(=O)C1(C)C. The molecule has 4 nitrogen and oxygen atoms in total. The molecule has 116 valence electrons. The van der Waals surface area contributed by atoms with Gasteiger partial charge in [-0.3, -0.25) is 9.69 Å². The summed E-state index contributed by atoms with van der Waals surface area (Å²) in [5.41, 5.74) is 6.91. The molecule has 2 unspecified atom stereocenters. The van der Waals surface area contributed by atoms with Gasteiger partial charge in [0.1, 0.15) is 0 Å². The zero-order chi connectivity index (χ0) is 15.6. The van der Waals surface area contributed by atoms with Crippen LogP contribution in [0.2, 0.25) is 5.02 Å². The Morgan fingerprint density at radius 3 is 2.57 bits per heavy atom. The Bertz CT molecular complexity index is 501. The maximum Gasteiger partial charge on any atom is 0.240 e. The fraction of sp³-hybridized carbons (Fsp3) is 0.562. The second-order valence-corrected chi connectivity index (χ2v) is 6.51. The number of amides is 1. The van der Waals surface area contributed by atoms with E-state index in [0.29, 0.717) is 11.6 Å². The molecule has 0 aliphatic carbocycles. The van der Waals surface area contributed by atoms with Crippen molar-refractivity contribution in [2.75, 3.05) is 13.1 Å². The number of piperazine rings is 1. The van der Waals surface area contributed by atoms with Crippen molar-refractivity contribution in [3.8, 4) is 0 Å². The summed E-state index contributed by atoms with van der Waals surface area (Å²) >= 11 is 5.99. The van der Waals surface area contributed by atoms with Crippen molar-refractivity contribution in [2.45, 2.75) is 44.8 Å². The van der Waals surface area contributed by atoms with Gasteiger partial charge in [0.2, 0.25) is 5.91 Å². The number of benzene rings is 1. The number of carbonyl (C=O) groups is 1. The number of carbonyl (C=O) groups excluding carboxylic acids is 1. The van der Waals surface area contributed by atoms with E-state index in [9.17, 15) is 4.79 Å². The van der Waals surface area contributed by atoms with Crippen LogP contribution in [-0.4, -0.2) is 35.5 Å². The van der Waals surface area contributed by atoms with E-state index >= 15 is 0 Å². The van der Waals surface area contributed by atoms with E-state index in [-0.39, 0.29) is 18.0 Å². The van der Waals surface area contributed by atoms with Gasteiger partial charge in [-0.1, -0.05) is 30.7 Å². The molecule has 2 rings (SSSR count). The summed E-state index contributed by atoms with van der Waals surface area (Å²) in [4.78, 5) is 14.4. The predicted molar refractivity (Wildman–Crippen MR) is 86.3 cm³/mol. The molecule has 3 N–H and O–H groups in total. The first-order chi connectivity index (χ1) is 9.87. The van der Waals surface area contributed by atoms with E-state index in [2.05, 4.69) is 17.1 Å². The average molecular weight is 310 g/mol. The van der Waals surface area contributed by atoms with E-state index in [4.69, 9.17) is 17.3 Å². The van der Waals surface area contributed by atoms with Crippen LogP contribution in [0.25, 0.3) is 0 Å². The second kappa shape index (κ2) is 6.34. The molecule has 5 heteroatoms. The lowest BCUT2D eigenvalue weighted by Gasteiger charge is -2.47. The van der Waals surface area contributed by atoms with Crippen LogP contribution in [-0.2, 0) is 4.79 Å². The summed E-state index contributed by atoms with van der Waals surface area (Å²) in [6.45, 7) is 7.42. The van der Waals surface area contributed by atoms with Crippen molar-refractivity contribution in [2.24, 2.45) is 5.73 Å². The van der Waals surface area contributed by atoms with Crippen LogP contribution in [0.15, 0.2) is 24.3 Å². The van der Waals surface area contributed by atoms with Crippen molar-refractivity contribution in [1.29, 1.82) is 0 Å². The summed E-state index contributed by atoms with van der Waals surface area (Å²) in [6, 6.07) is 7.74. The molecule has 0 aromatic heterocycles. The highest BCUT2D eigenvalue weighted by atomic mass is 35.5. The normalized spacial score (nSPS) is 21.7. The van der Waals surface area contributed by atoms with Gasteiger partial charge >= 0.3 is 0 Å². The smallest absolute Gasteiger partial charge is 0.240 e. The minimum atomic E-state index is -0.574. The topological polar surface area (TPSA) is 58.4 Å². The van der Waals surface area contributed by atoms with Crippen molar-refractivity contribution < 1.29 is 4.79 Å². The van der Waals surface area contributed by atoms with E-state index in [0.717, 1.165) is 18.5 Å². The molecule has 1 saturated heterocycles. The quantitative estimate of drug-likeness (QED) is 0.897. The zero-order valence-electron chi connectivity index (χ0n) is 12.9. The molecule has 1 aromatic rings. The van der Waals surface area contributed by atoms with E-state index < -0.39 is 5.54 Å². The number of nitrogens with zero attached hydrogens (tertiary/aromatic N) is 1. The Labute approximate surface area is 131 Å². The number of nitrogens with two attached hydrogens (primary N) is 1. The maximum absolute atomic E-state index is 12.2. The molecule has 1 aliphatic rings. The van der Waals surface area contributed by atoms with Crippen LogP contribution in [0.3, 0.4) is 0 Å². The van der Waals surface area contributed by atoms with Gasteiger partial charge in [-0.05, 0) is 38.0 Å². The van der Waals surface area contributed by atoms with Crippen LogP contribution >= 0.6 is 11.6 Å². The number of hydrogen-bond donors (Lipinski definition) is 2. The van der Waals surface area contributed by atoms with Gasteiger partial charge in [-0.25, -0.2) is 0 Å². The molecule has 0 spiro atoms. The Hall–Kier alpha value is -1.10. The Kier molecular flexibility index (Phi) is 4.91. The number of rotatable bonds is 4. The van der Waals surface area contributed by atoms with Crippen molar-refractivity contribution in [1.82, 2.24) is 10.2 Å². The lowest BCUT2D eigenvalue weighted by Crippen LogP contribution is -2.64. The summed E-state index contributed by atoms with van der Waals surface area (Å²) in [5.74, 6) is 0.0519. The fourth-order valence-corrected chi connectivity index (χ4v) is 3.07. The second-order valence-electron chi connectivity index (χ2n) is 6.08. The Balaban J connectivity index is 2.40. The first-order valence-corrected chi connectivity index (χ1v) is 7.81. The number of hydrogen-bond acceptors (Lipinski definition) is 3. The highest BCUT2D eigenvalue weighted by Crippen LogP contribution is 2.33. The number of halogens is 1. The number of nitrogens with one attached hydrogen (secondary N) is 1. The standard InChI is InChI=1S/C16H24ClN3O/c1-4-13(18)14(11-5-7-12(17)8-6-11)20-10-9-19-15(21)16(20,2)3/h5-8,13-14H,4,9-10,18H2,1-3H3,(H,19,21). The fourth-order valence-electron chi connectivity index (χ4n) is 2.94. The molecular weight excluding hydrogens is 286 g/mol. The predicted octanol–water partition coefficient (Wildman–Crippen LogP) is 2.33. The first-order valence-electron chi connectivity index (χ1n) is 7.44. The summed E-state index contributed by atoms with van der Waals surface area (Å²) in [6.07, 6.45) is 0.849. The van der Waals surface area contributed by atoms with Gasteiger partial charge in [0.25, 0.3) is 0 Å². The van der Waals surface area contributed by atoms with E-state index in [1.807, 2.05) is 38.1 Å². The zero-order valence-corrected chi connectivity index (χ0v) is 13.7. The van der Waals surface area contributed by atoms with Gasteiger partial charge in [-0.2, -0.15) is 0 Å². The molecule has 1 aliphatic heterocycles. The summed E-state index contributed by atoms with van der Waals surface area (Å²) < 4.78 is 0. The highest BCUT2D eigenvalue weighted by molar-refractivity contribution is 6.30. The van der Waals surface area contributed by atoms with Crippen LogP contribution in [0.5, 0.6) is 0 Å². The van der Waals surface area contributed by atoms with Gasteiger partial charge in [0.05, 0.1) is 11.6 Å². The van der Waals surface area contributed by atoms with E-state index in [1.54, 1.807) is 0 Å². The minimum absolute atomic E-state index is 0.00770. The van der Waals surface area contributed by atoms with Gasteiger partial charge in [0, 0.05) is 24.2 Å². The van der Waals surface area contributed by atoms with Crippen LogP contribution in [0.1, 0.15) is 38.8 Å². The van der Waals surface area contributed by atoms with Gasteiger partial charge < -0.3 is 11.1 Å². The molecule has 1 amide bonds. The van der Waals surface area contributed by atoms with Crippen molar-refractivity contribution in [3.63, 3.8) is 0 Å². The Morgan fingerprint density at radius 2 is 2.00 bits per heavy atom. The first kappa shape index (κ1) is 16.3. The highest BCUT2D eigenvalue weighted by Gasteiger charge is 2.43. The summed E-state index contributed by atoms with van der Waals surface area (Å²) in [5, 5.41) is 3.64. The Morgan fingerprint density at radius 1 is 1.38 bits per heavy atom. The van der Waals surface area contributed by atoms with Gasteiger partial charge in [0.15, 0.2) is 0 Å². The molecule has 0 saturated carbocycles. The van der Waals surface area contributed by atoms with Crippen LogP contribution in [0, 0.1) is 0 Å². The molecule has 1 heterocycles. The molecule has 0 radical (unpaired) electrons. The molecule has 21 heavy (non-hydrogen) atoms. The third kappa shape index (κ3) is 3.23. The van der Waals surface area contributed by atoms with E-state index in [1.165, 1.54) is 0 Å². The lowest BCUT2D eigenvalue weighted by atomic mass is 9.89. The largest absolute Gasteiger partial charge is 0.353 e. The van der Waals surface area contributed by atoms with Crippen LogP contribution in [0.4, 0.5) is 0 Å². The monoisotopic (exact) mass is 309 g/mol. The van der Waals surface area contributed by atoms with Gasteiger partial charge in [-0.15, -0.1) is 0 Å². The van der Waals surface area contributed by atoms with Crippen molar-refractivity contribution >= 4 is 17.5 Å². The molecule has 1 fully saturated rings. The average Bonchev–Trinajstić information content (AvgIpc) is 2.45. The van der Waals surface area contributed by atoms with Crippen LogP contribution < -0.4 is 11.1 Å². The van der Waals surface area contributed by atoms with Crippen molar-refractivity contribution in [3.05, 3.63) is 34.9 Å². The maximum atomic E-state index is 12.2. The lowest BCUT2D eigenvalue weighted by molar-refractivity contribution is -0.137. The minimum Gasteiger partial charge on any atom is -0.353 e. The molecular formula is C16H24ClN3O. The third-order valence-corrected chi connectivity index (χ3v) is 4.59. The molecule has 2 atom stereocenters. The third-order valence-electron chi connectivity index (χ3n) is 4.34. The molecule has 0 bridgehead atoms. The molecule has 1 aromatic carbocycles.